The van der Waals surface area contributed by atoms with Crippen LogP contribution in [0.25, 0.3) is 17.5 Å². The summed E-state index contributed by atoms with van der Waals surface area (Å²) in [7, 11) is 1.54. The number of hydrogen-bond donors (Lipinski definition) is 2. The maximum atomic E-state index is 11.4. The topological polar surface area (TPSA) is 101 Å². The number of thioether (sulfide) groups is 1. The van der Waals surface area contributed by atoms with Gasteiger partial charge >= 0.3 is 5.97 Å². The van der Waals surface area contributed by atoms with Crippen LogP contribution in [0.5, 0.6) is 5.75 Å². The van der Waals surface area contributed by atoms with E-state index >= 15 is 0 Å². The largest absolute Gasteiger partial charge is 0.496 e. The minimum absolute atomic E-state index is 0.0264. The molecule has 0 fully saturated rings. The molecule has 0 saturated carbocycles. The first-order valence-corrected chi connectivity index (χ1v) is 8.19. The Balaban J connectivity index is 1.89. The molecule has 2 N–H and O–H groups in total. The fourth-order valence-electron chi connectivity index (χ4n) is 2.01. The molecular formula is C16H12ClN3O4S. The number of carboxylic acids is 1. The molecule has 25 heavy (non-hydrogen) atoms. The Morgan fingerprint density at radius 1 is 1.44 bits per heavy atom. The zero-order valence-corrected chi connectivity index (χ0v) is 14.5. The number of aromatic nitrogens is 3. The summed E-state index contributed by atoms with van der Waals surface area (Å²) >= 11 is 6.92. The number of carbonyl (C=O) groups is 1. The molecule has 0 aliphatic heterocycles. The molecule has 128 valence electrons. The van der Waals surface area contributed by atoms with Crippen LogP contribution in [0.1, 0.15) is 5.76 Å². The highest BCUT2D eigenvalue weighted by Gasteiger charge is 2.16. The van der Waals surface area contributed by atoms with Gasteiger partial charge in [0.15, 0.2) is 5.82 Å². The van der Waals surface area contributed by atoms with Crippen molar-refractivity contribution in [2.75, 3.05) is 7.11 Å². The summed E-state index contributed by atoms with van der Waals surface area (Å²) in [6.07, 6.45) is 2.87. The molecule has 9 heteroatoms. The molecule has 2 heterocycles. The van der Waals surface area contributed by atoms with Crippen molar-refractivity contribution in [3.8, 4) is 17.1 Å². The number of aliphatic carboxylic acids is 1. The van der Waals surface area contributed by atoms with Gasteiger partial charge in [-0.2, -0.15) is 0 Å². The Hall–Kier alpha value is -2.71. The summed E-state index contributed by atoms with van der Waals surface area (Å²) in [5, 5.41) is 16.9. The van der Waals surface area contributed by atoms with Crippen LogP contribution >= 0.6 is 23.4 Å². The van der Waals surface area contributed by atoms with Crippen LogP contribution in [0.3, 0.4) is 0 Å². The number of rotatable bonds is 6. The van der Waals surface area contributed by atoms with E-state index in [-0.39, 0.29) is 10.1 Å². The lowest BCUT2D eigenvalue weighted by molar-refractivity contribution is -0.131. The van der Waals surface area contributed by atoms with Crippen molar-refractivity contribution in [1.29, 1.82) is 0 Å². The van der Waals surface area contributed by atoms with Gasteiger partial charge in [-0.15, -0.1) is 5.10 Å². The average Bonchev–Trinajstić information content (AvgIpc) is 3.26. The minimum Gasteiger partial charge on any atom is -0.496 e. The lowest BCUT2D eigenvalue weighted by atomic mass is 10.2. The third kappa shape index (κ3) is 4.04. The first-order chi connectivity index (χ1) is 12.1. The van der Waals surface area contributed by atoms with Gasteiger partial charge in [0.25, 0.3) is 0 Å². The number of benzene rings is 1. The summed E-state index contributed by atoms with van der Waals surface area (Å²) in [5.41, 5.74) is 0.626. The highest BCUT2D eigenvalue weighted by atomic mass is 35.5. The Kier molecular flexibility index (Phi) is 5.11. The van der Waals surface area contributed by atoms with Crippen molar-refractivity contribution in [2.45, 2.75) is 5.16 Å². The summed E-state index contributed by atoms with van der Waals surface area (Å²) in [4.78, 5) is 15.7. The van der Waals surface area contributed by atoms with Crippen molar-refractivity contribution < 1.29 is 19.1 Å². The van der Waals surface area contributed by atoms with Crippen LogP contribution in [-0.4, -0.2) is 33.4 Å². The number of H-pyrrole nitrogens is 1. The quantitative estimate of drug-likeness (QED) is 0.495. The molecule has 0 spiro atoms. The SMILES string of the molecule is COc1ccc(Cl)cc1-c1nc(S/C(=C\c2ccco2)C(=O)O)n[nH]1. The Labute approximate surface area is 151 Å². The smallest absolute Gasteiger partial charge is 0.342 e. The Morgan fingerprint density at radius 2 is 2.28 bits per heavy atom. The number of furan rings is 1. The zero-order valence-electron chi connectivity index (χ0n) is 12.9. The Morgan fingerprint density at radius 3 is 2.96 bits per heavy atom. The lowest BCUT2D eigenvalue weighted by Crippen LogP contribution is -1.97. The molecule has 3 aromatic rings. The van der Waals surface area contributed by atoms with Gasteiger partial charge in [0, 0.05) is 11.1 Å². The molecule has 2 aromatic heterocycles. The molecule has 0 atom stereocenters. The third-order valence-corrected chi connectivity index (χ3v) is 4.22. The summed E-state index contributed by atoms with van der Waals surface area (Å²) < 4.78 is 10.4. The standard InChI is InChI=1S/C16H12ClN3O4S/c1-23-12-5-4-9(17)7-11(12)14-18-16(20-19-14)25-13(15(21)22)8-10-3-2-6-24-10/h2-8H,1H3,(H,21,22)(H,18,19,20)/b13-8-. The van der Waals surface area contributed by atoms with Gasteiger partial charge < -0.3 is 14.3 Å². The number of hydrogen-bond acceptors (Lipinski definition) is 6. The maximum Gasteiger partial charge on any atom is 0.342 e. The van der Waals surface area contributed by atoms with Crippen molar-refractivity contribution >= 4 is 35.4 Å². The Bertz CT molecular complexity index is 921. The fraction of sp³-hybridized carbons (Fsp3) is 0.0625. The molecule has 0 aliphatic carbocycles. The van der Waals surface area contributed by atoms with Crippen molar-refractivity contribution in [3.05, 3.63) is 52.3 Å². The number of carboxylic acid groups (broad SMARTS) is 1. The molecule has 0 bridgehead atoms. The van der Waals surface area contributed by atoms with Gasteiger partial charge in [0.1, 0.15) is 16.4 Å². The van der Waals surface area contributed by atoms with Crippen LogP contribution in [0, 0.1) is 0 Å². The second-order valence-corrected chi connectivity index (χ2v) is 6.19. The molecule has 7 nitrogen and oxygen atoms in total. The molecule has 0 aliphatic rings. The number of nitrogens with one attached hydrogen (secondary N) is 1. The summed E-state index contributed by atoms with van der Waals surface area (Å²) in [6.45, 7) is 0. The molecule has 0 saturated heterocycles. The van der Waals surface area contributed by atoms with Crippen molar-refractivity contribution in [2.24, 2.45) is 0 Å². The van der Waals surface area contributed by atoms with E-state index in [2.05, 4.69) is 15.2 Å². The fourth-order valence-corrected chi connectivity index (χ4v) is 2.87. The minimum atomic E-state index is -1.10. The number of ether oxygens (including phenoxy) is 1. The summed E-state index contributed by atoms with van der Waals surface area (Å²) in [6, 6.07) is 8.43. The third-order valence-electron chi connectivity index (χ3n) is 3.11. The van der Waals surface area contributed by atoms with Gasteiger partial charge in [0.2, 0.25) is 5.16 Å². The van der Waals surface area contributed by atoms with Crippen LogP contribution in [0.15, 0.2) is 51.1 Å². The second kappa shape index (κ2) is 7.45. The van der Waals surface area contributed by atoms with Gasteiger partial charge in [-0.25, -0.2) is 9.78 Å². The molecule has 3 rings (SSSR count). The summed E-state index contributed by atoms with van der Waals surface area (Å²) in [5.74, 6) is 0.316. The lowest BCUT2D eigenvalue weighted by Gasteiger charge is -2.05. The predicted octanol–water partition coefficient (Wildman–Crippen LogP) is 3.94. The maximum absolute atomic E-state index is 11.4. The van der Waals surface area contributed by atoms with Crippen molar-refractivity contribution in [1.82, 2.24) is 15.2 Å². The number of aromatic amines is 1. The second-order valence-electron chi connectivity index (χ2n) is 4.74. The van der Waals surface area contributed by atoms with E-state index in [0.717, 1.165) is 11.8 Å². The van der Waals surface area contributed by atoms with E-state index in [1.165, 1.54) is 19.4 Å². The molecule has 0 radical (unpaired) electrons. The van der Waals surface area contributed by atoms with Crippen LogP contribution in [-0.2, 0) is 4.79 Å². The number of methoxy groups -OCH3 is 1. The van der Waals surface area contributed by atoms with E-state index < -0.39 is 5.97 Å². The van der Waals surface area contributed by atoms with E-state index in [0.29, 0.717) is 27.9 Å². The number of nitrogens with zero attached hydrogens (tertiary/aromatic N) is 2. The van der Waals surface area contributed by atoms with Crippen LogP contribution in [0.4, 0.5) is 0 Å². The monoisotopic (exact) mass is 377 g/mol. The van der Waals surface area contributed by atoms with Crippen LogP contribution < -0.4 is 4.74 Å². The zero-order chi connectivity index (χ0) is 17.8. The van der Waals surface area contributed by atoms with Gasteiger partial charge in [-0.3, -0.25) is 5.10 Å². The van der Waals surface area contributed by atoms with Crippen molar-refractivity contribution in [3.63, 3.8) is 0 Å². The van der Waals surface area contributed by atoms with Gasteiger partial charge in [-0.05, 0) is 42.1 Å². The highest BCUT2D eigenvalue weighted by molar-refractivity contribution is 8.04. The average molecular weight is 378 g/mol. The normalized spacial score (nSPS) is 11.5. The highest BCUT2D eigenvalue weighted by Crippen LogP contribution is 2.32. The van der Waals surface area contributed by atoms with E-state index in [1.54, 1.807) is 30.3 Å². The van der Waals surface area contributed by atoms with Gasteiger partial charge in [0.05, 0.1) is 18.9 Å². The van der Waals surface area contributed by atoms with Crippen LogP contribution in [0.2, 0.25) is 5.02 Å². The molecule has 0 amide bonds. The van der Waals surface area contributed by atoms with E-state index in [4.69, 9.17) is 20.8 Å². The van der Waals surface area contributed by atoms with E-state index in [1.807, 2.05) is 0 Å². The predicted molar refractivity (Wildman–Crippen MR) is 93.6 cm³/mol. The van der Waals surface area contributed by atoms with E-state index in [9.17, 15) is 9.90 Å². The first kappa shape index (κ1) is 17.1. The molecule has 1 aromatic carbocycles. The first-order valence-electron chi connectivity index (χ1n) is 6.99. The molecule has 0 unspecified atom stereocenters. The number of halogens is 1. The molecular weight excluding hydrogens is 366 g/mol. The van der Waals surface area contributed by atoms with Gasteiger partial charge in [-0.1, -0.05) is 11.6 Å².